The van der Waals surface area contributed by atoms with Gasteiger partial charge in [0.05, 0.1) is 16.9 Å². The molecule has 0 amide bonds. The van der Waals surface area contributed by atoms with Crippen molar-refractivity contribution in [3.63, 3.8) is 0 Å². The van der Waals surface area contributed by atoms with Crippen molar-refractivity contribution in [2.24, 2.45) is 0 Å². The number of hydrogen-bond acceptors (Lipinski definition) is 4. The van der Waals surface area contributed by atoms with Gasteiger partial charge in [-0.15, -0.1) is 0 Å². The van der Waals surface area contributed by atoms with E-state index in [1.54, 1.807) is 12.1 Å². The molecular weight excluding hydrogens is 240 g/mol. The summed E-state index contributed by atoms with van der Waals surface area (Å²) in [5.74, 6) is 0.774. The summed E-state index contributed by atoms with van der Waals surface area (Å²) in [5, 5.41) is 3.94. The number of fused-ring (bicyclic) bond motifs is 1. The van der Waals surface area contributed by atoms with Crippen molar-refractivity contribution >= 4 is 16.6 Å². The number of nitrogens with two attached hydrogens (primary N) is 1. The summed E-state index contributed by atoms with van der Waals surface area (Å²) in [6, 6.07) is 5.50. The predicted molar refractivity (Wildman–Crippen MR) is 76.3 cm³/mol. The molecule has 0 bridgehead atoms. The Morgan fingerprint density at radius 1 is 1.47 bits per heavy atom. The largest absolute Gasteiger partial charge is 0.399 e. The third-order valence-electron chi connectivity index (χ3n) is 3.74. The number of aryl methyl sites for hydroxylation is 1. The number of rotatable bonds is 1. The zero-order chi connectivity index (χ0) is 13.4. The number of nitrogen functional groups attached to an aromatic ring is 1. The first-order valence-electron chi connectivity index (χ1n) is 6.66. The average molecular weight is 258 g/mol. The minimum atomic E-state index is 0.0171. The van der Waals surface area contributed by atoms with Crippen LogP contribution in [0.5, 0.6) is 0 Å². The van der Waals surface area contributed by atoms with Gasteiger partial charge in [0.2, 0.25) is 0 Å². The van der Waals surface area contributed by atoms with Gasteiger partial charge in [-0.05, 0) is 44.5 Å². The molecular formula is C14H18N4O. The minimum Gasteiger partial charge on any atom is -0.399 e. The molecule has 2 aromatic rings. The highest BCUT2D eigenvalue weighted by Gasteiger charge is 2.19. The lowest BCUT2D eigenvalue weighted by Crippen LogP contribution is -2.38. The van der Waals surface area contributed by atoms with Crippen LogP contribution in [0.2, 0.25) is 0 Å². The fourth-order valence-corrected chi connectivity index (χ4v) is 2.81. The van der Waals surface area contributed by atoms with Gasteiger partial charge in [-0.2, -0.15) is 0 Å². The summed E-state index contributed by atoms with van der Waals surface area (Å²) in [7, 11) is 0. The van der Waals surface area contributed by atoms with Gasteiger partial charge in [0.15, 0.2) is 0 Å². The van der Waals surface area contributed by atoms with E-state index in [0.717, 1.165) is 37.3 Å². The second kappa shape index (κ2) is 4.66. The molecule has 19 heavy (non-hydrogen) atoms. The molecule has 100 valence electrons. The molecule has 2 heterocycles. The maximum absolute atomic E-state index is 12.6. The molecule has 0 saturated carbocycles. The zero-order valence-corrected chi connectivity index (χ0v) is 11.0. The SMILES string of the molecule is Cc1nc2ccc(N)cc2c(=O)n1C1CCCNC1. The van der Waals surface area contributed by atoms with Crippen molar-refractivity contribution in [1.82, 2.24) is 14.9 Å². The lowest BCUT2D eigenvalue weighted by atomic mass is 10.1. The van der Waals surface area contributed by atoms with E-state index < -0.39 is 0 Å². The van der Waals surface area contributed by atoms with Gasteiger partial charge in [-0.25, -0.2) is 4.98 Å². The predicted octanol–water partition coefficient (Wildman–Crippen LogP) is 1.21. The van der Waals surface area contributed by atoms with Crippen LogP contribution in [-0.4, -0.2) is 22.6 Å². The second-order valence-corrected chi connectivity index (χ2v) is 5.11. The van der Waals surface area contributed by atoms with Crippen LogP contribution in [0.3, 0.4) is 0 Å². The summed E-state index contributed by atoms with van der Waals surface area (Å²) in [6.45, 7) is 3.75. The molecule has 1 aromatic carbocycles. The average Bonchev–Trinajstić information content (AvgIpc) is 2.41. The van der Waals surface area contributed by atoms with Crippen molar-refractivity contribution in [2.45, 2.75) is 25.8 Å². The van der Waals surface area contributed by atoms with Crippen molar-refractivity contribution in [3.8, 4) is 0 Å². The topological polar surface area (TPSA) is 72.9 Å². The van der Waals surface area contributed by atoms with Crippen LogP contribution in [0.15, 0.2) is 23.0 Å². The van der Waals surface area contributed by atoms with Crippen molar-refractivity contribution in [3.05, 3.63) is 34.4 Å². The fraction of sp³-hybridized carbons (Fsp3) is 0.429. The number of nitrogens with one attached hydrogen (secondary N) is 1. The molecule has 0 spiro atoms. The third-order valence-corrected chi connectivity index (χ3v) is 3.74. The summed E-state index contributed by atoms with van der Waals surface area (Å²) in [6.07, 6.45) is 2.11. The number of hydrogen-bond donors (Lipinski definition) is 2. The second-order valence-electron chi connectivity index (χ2n) is 5.11. The van der Waals surface area contributed by atoms with Crippen LogP contribution in [0, 0.1) is 6.92 Å². The van der Waals surface area contributed by atoms with E-state index in [9.17, 15) is 4.79 Å². The molecule has 1 fully saturated rings. The standard InChI is InChI=1S/C14H18N4O/c1-9-17-13-5-4-10(15)7-12(13)14(19)18(9)11-3-2-6-16-8-11/h4-5,7,11,16H,2-3,6,8,15H2,1H3. The Hall–Kier alpha value is -1.88. The number of anilines is 1. The van der Waals surface area contributed by atoms with Gasteiger partial charge >= 0.3 is 0 Å². The molecule has 0 radical (unpaired) electrons. The minimum absolute atomic E-state index is 0.0171. The monoisotopic (exact) mass is 258 g/mol. The molecule has 1 saturated heterocycles. The van der Waals surface area contributed by atoms with Crippen molar-refractivity contribution in [2.75, 3.05) is 18.8 Å². The van der Waals surface area contributed by atoms with Crippen molar-refractivity contribution < 1.29 is 0 Å². The quantitative estimate of drug-likeness (QED) is 0.754. The van der Waals surface area contributed by atoms with E-state index in [1.165, 1.54) is 0 Å². The molecule has 1 atom stereocenters. The summed E-state index contributed by atoms with van der Waals surface area (Å²) >= 11 is 0. The highest BCUT2D eigenvalue weighted by molar-refractivity contribution is 5.81. The lowest BCUT2D eigenvalue weighted by Gasteiger charge is -2.26. The van der Waals surface area contributed by atoms with E-state index in [-0.39, 0.29) is 11.6 Å². The van der Waals surface area contributed by atoms with E-state index in [0.29, 0.717) is 11.1 Å². The highest BCUT2D eigenvalue weighted by atomic mass is 16.1. The summed E-state index contributed by atoms with van der Waals surface area (Å²) in [5.41, 5.74) is 7.11. The van der Waals surface area contributed by atoms with E-state index >= 15 is 0 Å². The Kier molecular flexibility index (Phi) is 2.98. The number of benzene rings is 1. The molecule has 5 heteroatoms. The first-order valence-corrected chi connectivity index (χ1v) is 6.66. The first-order chi connectivity index (χ1) is 9.16. The molecule has 1 aromatic heterocycles. The molecule has 1 unspecified atom stereocenters. The first kappa shape index (κ1) is 12.2. The Morgan fingerprint density at radius 2 is 2.32 bits per heavy atom. The Labute approximate surface area is 111 Å². The van der Waals surface area contributed by atoms with Crippen LogP contribution < -0.4 is 16.6 Å². The number of piperidine rings is 1. The van der Waals surface area contributed by atoms with Crippen LogP contribution in [-0.2, 0) is 0 Å². The van der Waals surface area contributed by atoms with E-state index in [4.69, 9.17) is 5.73 Å². The smallest absolute Gasteiger partial charge is 0.261 e. The van der Waals surface area contributed by atoms with Gasteiger partial charge in [-0.1, -0.05) is 0 Å². The molecule has 3 rings (SSSR count). The Balaban J connectivity index is 2.21. The molecule has 1 aliphatic rings. The molecule has 3 N–H and O–H groups in total. The number of aromatic nitrogens is 2. The van der Waals surface area contributed by atoms with Crippen LogP contribution in [0.25, 0.3) is 10.9 Å². The van der Waals surface area contributed by atoms with Crippen molar-refractivity contribution in [1.29, 1.82) is 0 Å². The summed E-state index contributed by atoms with van der Waals surface area (Å²) < 4.78 is 1.81. The molecule has 0 aliphatic carbocycles. The van der Waals surface area contributed by atoms with Gasteiger partial charge in [0.25, 0.3) is 5.56 Å². The van der Waals surface area contributed by atoms with Gasteiger partial charge in [-0.3, -0.25) is 9.36 Å². The summed E-state index contributed by atoms with van der Waals surface area (Å²) in [4.78, 5) is 17.2. The normalized spacial score (nSPS) is 19.7. The van der Waals surface area contributed by atoms with Crippen LogP contribution >= 0.6 is 0 Å². The zero-order valence-electron chi connectivity index (χ0n) is 11.0. The van der Waals surface area contributed by atoms with Crippen LogP contribution in [0.4, 0.5) is 5.69 Å². The molecule has 1 aliphatic heterocycles. The van der Waals surface area contributed by atoms with Gasteiger partial charge in [0, 0.05) is 12.2 Å². The van der Waals surface area contributed by atoms with Gasteiger partial charge in [0.1, 0.15) is 5.82 Å². The van der Waals surface area contributed by atoms with Gasteiger partial charge < -0.3 is 11.1 Å². The van der Waals surface area contributed by atoms with Crippen LogP contribution in [0.1, 0.15) is 24.7 Å². The molecule has 5 nitrogen and oxygen atoms in total. The third kappa shape index (κ3) is 2.10. The Morgan fingerprint density at radius 3 is 3.05 bits per heavy atom. The van der Waals surface area contributed by atoms with E-state index in [2.05, 4.69) is 10.3 Å². The van der Waals surface area contributed by atoms with E-state index in [1.807, 2.05) is 17.6 Å². The lowest BCUT2D eigenvalue weighted by molar-refractivity contribution is 0.357. The Bertz CT molecular complexity index is 671. The maximum atomic E-state index is 12.6. The fourth-order valence-electron chi connectivity index (χ4n) is 2.81. The highest BCUT2D eigenvalue weighted by Crippen LogP contribution is 2.19. The maximum Gasteiger partial charge on any atom is 0.261 e. The number of nitrogens with zero attached hydrogens (tertiary/aromatic N) is 2.